The van der Waals surface area contributed by atoms with Gasteiger partial charge in [-0.15, -0.1) is 0 Å². The number of ether oxygens (including phenoxy) is 1. The molecule has 1 heterocycles. The summed E-state index contributed by atoms with van der Waals surface area (Å²) in [5.41, 5.74) is 1.05. The molecule has 1 aliphatic heterocycles. The largest absolute Gasteiger partial charge is 0.377 e. The maximum atomic E-state index is 12.8. The molecular formula is C16H24FN3O2. The molecule has 1 saturated heterocycles. The molecule has 1 N–H and O–H groups in total. The second kappa shape index (κ2) is 8.10. The Kier molecular flexibility index (Phi) is 6.15. The van der Waals surface area contributed by atoms with E-state index < -0.39 is 0 Å². The van der Waals surface area contributed by atoms with Crippen LogP contribution in [-0.4, -0.2) is 61.8 Å². The quantitative estimate of drug-likeness (QED) is 0.900. The maximum absolute atomic E-state index is 12.8. The summed E-state index contributed by atoms with van der Waals surface area (Å²) in [4.78, 5) is 16.0. The summed E-state index contributed by atoms with van der Waals surface area (Å²) in [6, 6.07) is 6.56. The third-order valence-corrected chi connectivity index (χ3v) is 3.76. The highest BCUT2D eigenvalue weighted by atomic mass is 19.1. The number of carbonyl (C=O) groups is 1. The minimum Gasteiger partial charge on any atom is -0.377 e. The van der Waals surface area contributed by atoms with Crippen molar-refractivity contribution in [2.45, 2.75) is 19.5 Å². The first-order chi connectivity index (χ1) is 10.6. The molecule has 1 fully saturated rings. The van der Waals surface area contributed by atoms with Crippen molar-refractivity contribution in [2.75, 3.05) is 39.9 Å². The fraction of sp³-hybridized carbons (Fsp3) is 0.562. The molecule has 0 aromatic heterocycles. The highest BCUT2D eigenvalue weighted by Crippen LogP contribution is 2.07. The molecule has 2 rings (SSSR count). The summed E-state index contributed by atoms with van der Waals surface area (Å²) in [6.45, 7) is 5.87. The van der Waals surface area contributed by atoms with E-state index in [2.05, 4.69) is 10.2 Å². The zero-order chi connectivity index (χ0) is 15.9. The van der Waals surface area contributed by atoms with Gasteiger partial charge in [-0.25, -0.2) is 9.18 Å². The number of urea groups is 1. The van der Waals surface area contributed by atoms with Crippen molar-refractivity contribution in [1.29, 1.82) is 0 Å². The zero-order valence-electron chi connectivity index (χ0n) is 13.2. The number of carbonyl (C=O) groups excluding carboxylic acids is 1. The van der Waals surface area contributed by atoms with Crippen molar-refractivity contribution in [3.63, 3.8) is 0 Å². The number of halogens is 1. The molecule has 22 heavy (non-hydrogen) atoms. The fourth-order valence-corrected chi connectivity index (χ4v) is 2.46. The maximum Gasteiger partial charge on any atom is 0.317 e. The Balaban J connectivity index is 1.69. The number of nitrogens with one attached hydrogen (secondary N) is 1. The topological polar surface area (TPSA) is 44.8 Å². The van der Waals surface area contributed by atoms with Crippen LogP contribution in [0.3, 0.4) is 0 Å². The highest BCUT2D eigenvalue weighted by molar-refractivity contribution is 5.74. The second-order valence-corrected chi connectivity index (χ2v) is 5.71. The second-order valence-electron chi connectivity index (χ2n) is 5.71. The monoisotopic (exact) mass is 309 g/mol. The number of rotatable bonds is 5. The van der Waals surface area contributed by atoms with Gasteiger partial charge in [-0.05, 0) is 31.7 Å². The predicted octanol–water partition coefficient (Wildman–Crippen LogP) is 1.69. The Morgan fingerprint density at radius 3 is 2.86 bits per heavy atom. The highest BCUT2D eigenvalue weighted by Gasteiger charge is 2.23. The molecule has 2 amide bonds. The van der Waals surface area contributed by atoms with E-state index in [0.717, 1.165) is 18.7 Å². The van der Waals surface area contributed by atoms with Gasteiger partial charge in [0.1, 0.15) is 5.82 Å². The van der Waals surface area contributed by atoms with Gasteiger partial charge >= 0.3 is 6.03 Å². The van der Waals surface area contributed by atoms with Crippen LogP contribution in [0, 0.1) is 5.82 Å². The Morgan fingerprint density at radius 2 is 2.18 bits per heavy atom. The van der Waals surface area contributed by atoms with Crippen LogP contribution in [0.2, 0.25) is 0 Å². The molecular weight excluding hydrogens is 285 g/mol. The first-order valence-corrected chi connectivity index (χ1v) is 7.61. The molecule has 1 atom stereocenters. The Labute approximate surface area is 131 Å². The van der Waals surface area contributed by atoms with Crippen LogP contribution in [0.4, 0.5) is 9.18 Å². The third-order valence-electron chi connectivity index (χ3n) is 3.76. The normalized spacial score (nSPS) is 18.5. The van der Waals surface area contributed by atoms with Gasteiger partial charge in [0, 0.05) is 26.2 Å². The van der Waals surface area contributed by atoms with Gasteiger partial charge in [0.15, 0.2) is 0 Å². The van der Waals surface area contributed by atoms with Gasteiger partial charge in [0.25, 0.3) is 0 Å². The zero-order valence-corrected chi connectivity index (χ0v) is 13.2. The molecule has 0 bridgehead atoms. The number of benzene rings is 1. The van der Waals surface area contributed by atoms with E-state index >= 15 is 0 Å². The lowest BCUT2D eigenvalue weighted by molar-refractivity contribution is 0.0190. The predicted molar refractivity (Wildman–Crippen MR) is 83.1 cm³/mol. The van der Waals surface area contributed by atoms with Gasteiger partial charge in [-0.3, -0.25) is 0 Å². The minimum absolute atomic E-state index is 0.0361. The van der Waals surface area contributed by atoms with E-state index in [0.29, 0.717) is 26.3 Å². The summed E-state index contributed by atoms with van der Waals surface area (Å²) in [5.74, 6) is -0.224. The van der Waals surface area contributed by atoms with E-state index in [1.807, 2.05) is 18.9 Å². The Bertz CT molecular complexity index is 481. The van der Waals surface area contributed by atoms with Crippen molar-refractivity contribution in [3.05, 3.63) is 35.6 Å². The molecule has 0 unspecified atom stereocenters. The molecule has 0 aliphatic carbocycles. The van der Waals surface area contributed by atoms with Crippen LogP contribution >= 0.6 is 0 Å². The Hall–Kier alpha value is -1.66. The summed E-state index contributed by atoms with van der Waals surface area (Å²) in [5, 5.41) is 2.94. The Morgan fingerprint density at radius 1 is 1.45 bits per heavy atom. The molecule has 5 nitrogen and oxygen atoms in total. The number of hydrogen-bond donors (Lipinski definition) is 1. The number of amides is 2. The van der Waals surface area contributed by atoms with E-state index in [9.17, 15) is 9.18 Å². The number of likely N-dealkylation sites (N-methyl/N-ethyl adjacent to an activating group) is 1. The van der Waals surface area contributed by atoms with Crippen LogP contribution in [-0.2, 0) is 11.3 Å². The lowest BCUT2D eigenvalue weighted by Gasteiger charge is -2.33. The SMILES string of the molecule is C[C@@H]1COCCN1C(=O)NCCN(C)Cc1ccc(F)cc1. The van der Waals surface area contributed by atoms with E-state index in [-0.39, 0.29) is 17.9 Å². The molecule has 1 aliphatic rings. The van der Waals surface area contributed by atoms with Crippen molar-refractivity contribution in [3.8, 4) is 0 Å². The summed E-state index contributed by atoms with van der Waals surface area (Å²) >= 11 is 0. The van der Waals surface area contributed by atoms with Gasteiger partial charge in [0.2, 0.25) is 0 Å². The average molecular weight is 309 g/mol. The third kappa shape index (κ3) is 4.96. The summed E-state index contributed by atoms with van der Waals surface area (Å²) in [7, 11) is 1.98. The van der Waals surface area contributed by atoms with Crippen LogP contribution in [0.5, 0.6) is 0 Å². The van der Waals surface area contributed by atoms with Crippen molar-refractivity contribution in [1.82, 2.24) is 15.1 Å². The minimum atomic E-state index is -0.224. The average Bonchev–Trinajstić information content (AvgIpc) is 2.50. The smallest absolute Gasteiger partial charge is 0.317 e. The molecule has 0 saturated carbocycles. The van der Waals surface area contributed by atoms with Gasteiger partial charge in [-0.1, -0.05) is 12.1 Å². The van der Waals surface area contributed by atoms with Crippen molar-refractivity contribution < 1.29 is 13.9 Å². The van der Waals surface area contributed by atoms with Gasteiger partial charge in [-0.2, -0.15) is 0 Å². The molecule has 1 aromatic rings. The van der Waals surface area contributed by atoms with Gasteiger partial charge in [0.05, 0.1) is 19.3 Å². The number of hydrogen-bond acceptors (Lipinski definition) is 3. The van der Waals surface area contributed by atoms with Crippen molar-refractivity contribution >= 4 is 6.03 Å². The molecule has 1 aromatic carbocycles. The molecule has 6 heteroatoms. The van der Waals surface area contributed by atoms with Crippen molar-refractivity contribution in [2.24, 2.45) is 0 Å². The first-order valence-electron chi connectivity index (χ1n) is 7.61. The van der Waals surface area contributed by atoms with E-state index in [1.54, 1.807) is 12.1 Å². The van der Waals surface area contributed by atoms with E-state index in [4.69, 9.17) is 4.74 Å². The molecule has 122 valence electrons. The van der Waals surface area contributed by atoms with Crippen LogP contribution < -0.4 is 5.32 Å². The van der Waals surface area contributed by atoms with E-state index in [1.165, 1.54) is 12.1 Å². The van der Waals surface area contributed by atoms with Crippen LogP contribution in [0.15, 0.2) is 24.3 Å². The lowest BCUT2D eigenvalue weighted by Crippen LogP contribution is -2.52. The lowest BCUT2D eigenvalue weighted by atomic mass is 10.2. The number of nitrogens with zero attached hydrogens (tertiary/aromatic N) is 2. The van der Waals surface area contributed by atoms with Crippen LogP contribution in [0.25, 0.3) is 0 Å². The summed E-state index contributed by atoms with van der Waals surface area (Å²) < 4.78 is 18.2. The first kappa shape index (κ1) is 16.7. The molecule has 0 radical (unpaired) electrons. The van der Waals surface area contributed by atoms with Crippen LogP contribution in [0.1, 0.15) is 12.5 Å². The van der Waals surface area contributed by atoms with Gasteiger partial charge < -0.3 is 19.9 Å². The summed E-state index contributed by atoms with van der Waals surface area (Å²) in [6.07, 6.45) is 0. The number of morpholine rings is 1. The molecule has 0 spiro atoms. The fourth-order valence-electron chi connectivity index (χ4n) is 2.46. The standard InChI is InChI=1S/C16H24FN3O2/c1-13-12-22-10-9-20(13)16(21)18-7-8-19(2)11-14-3-5-15(17)6-4-14/h3-6,13H,7-12H2,1-2H3,(H,18,21)/t13-/m1/s1.